The number of alkyl halides is 2. The summed E-state index contributed by atoms with van der Waals surface area (Å²) in [5, 5.41) is 3.14. The van der Waals surface area contributed by atoms with Gasteiger partial charge >= 0.3 is 5.76 Å². The summed E-state index contributed by atoms with van der Waals surface area (Å²) >= 11 is 0. The molecule has 1 fully saturated rings. The van der Waals surface area contributed by atoms with Crippen LogP contribution in [0, 0.1) is 17.6 Å². The summed E-state index contributed by atoms with van der Waals surface area (Å²) in [6.45, 7) is 1.96. The molecule has 1 N–H and O–H groups in total. The molecule has 0 radical (unpaired) electrons. The molecule has 2 aromatic rings. The average molecular weight is 402 g/mol. The lowest BCUT2D eigenvalue weighted by atomic mass is 10.1. The van der Waals surface area contributed by atoms with Crippen LogP contribution in [0.3, 0.4) is 0 Å². The molecule has 1 heterocycles. The molecular weight excluding hydrogens is 384 g/mol. The fourth-order valence-corrected chi connectivity index (χ4v) is 3.76. The second-order valence-electron chi connectivity index (χ2n) is 6.41. The summed E-state index contributed by atoms with van der Waals surface area (Å²) in [5.74, 6) is -4.96. The van der Waals surface area contributed by atoms with Crippen LogP contribution in [0.2, 0.25) is 0 Å². The van der Waals surface area contributed by atoms with Crippen molar-refractivity contribution in [1.29, 1.82) is 0 Å². The first-order valence-electron chi connectivity index (χ1n) is 8.33. The predicted molar refractivity (Wildman–Crippen MR) is 94.8 cm³/mol. The molecule has 146 valence electrons. The van der Waals surface area contributed by atoms with E-state index in [1.54, 1.807) is 0 Å². The van der Waals surface area contributed by atoms with Gasteiger partial charge < -0.3 is 10.2 Å². The predicted octanol–water partition coefficient (Wildman–Crippen LogP) is 3.90. The van der Waals surface area contributed by atoms with Crippen LogP contribution in [0.4, 0.5) is 28.9 Å². The van der Waals surface area contributed by atoms with Gasteiger partial charge in [0.1, 0.15) is 0 Å². The van der Waals surface area contributed by atoms with Crippen molar-refractivity contribution in [1.82, 2.24) is 0 Å². The normalized spacial score (nSPS) is 17.5. The van der Waals surface area contributed by atoms with E-state index in [0.29, 0.717) is 31.0 Å². The molecule has 1 aliphatic heterocycles. The summed E-state index contributed by atoms with van der Waals surface area (Å²) in [5.41, 5.74) is 1.24. The maximum absolute atomic E-state index is 13.4. The maximum atomic E-state index is 13.4. The molecule has 1 atom stereocenters. The number of benzene rings is 2. The number of nitrogens with zero attached hydrogens (tertiary/aromatic N) is 1. The lowest BCUT2D eigenvalue weighted by molar-refractivity contribution is 0.234. The summed E-state index contributed by atoms with van der Waals surface area (Å²) in [6, 6.07) is 8.99. The van der Waals surface area contributed by atoms with Crippen molar-refractivity contribution in [2.24, 2.45) is 5.92 Å². The Bertz CT molecular complexity index is 904. The van der Waals surface area contributed by atoms with Crippen LogP contribution < -0.4 is 10.2 Å². The first kappa shape index (κ1) is 19.5. The van der Waals surface area contributed by atoms with Crippen molar-refractivity contribution >= 4 is 21.2 Å². The van der Waals surface area contributed by atoms with Crippen molar-refractivity contribution in [3.63, 3.8) is 0 Å². The maximum Gasteiger partial charge on any atom is 0.341 e. The number of nitrogens with one attached hydrogen (secondary N) is 1. The van der Waals surface area contributed by atoms with E-state index in [-0.39, 0.29) is 5.92 Å². The van der Waals surface area contributed by atoms with Crippen molar-refractivity contribution in [3.05, 3.63) is 54.1 Å². The van der Waals surface area contributed by atoms with E-state index in [4.69, 9.17) is 0 Å². The molecule has 0 unspecified atom stereocenters. The minimum absolute atomic E-state index is 0.252. The summed E-state index contributed by atoms with van der Waals surface area (Å²) in [6.07, 6.45) is 0.851. The molecule has 4 nitrogen and oxygen atoms in total. The van der Waals surface area contributed by atoms with Crippen molar-refractivity contribution < 1.29 is 26.0 Å². The molecule has 0 spiro atoms. The minimum atomic E-state index is -4.59. The highest BCUT2D eigenvalue weighted by molar-refractivity contribution is 7.91. The Morgan fingerprint density at radius 1 is 1.07 bits per heavy atom. The Labute approximate surface area is 154 Å². The molecule has 0 aliphatic carbocycles. The fraction of sp³-hybridized carbons (Fsp3) is 0.333. The number of hydrogen-bond donors (Lipinski definition) is 1. The van der Waals surface area contributed by atoms with E-state index < -0.39 is 32.1 Å². The molecule has 0 bridgehead atoms. The summed E-state index contributed by atoms with van der Waals surface area (Å²) < 4.78 is 74.2. The Kier molecular flexibility index (Phi) is 5.59. The molecule has 1 saturated heterocycles. The van der Waals surface area contributed by atoms with E-state index in [1.807, 2.05) is 4.90 Å². The lowest BCUT2D eigenvalue weighted by Crippen LogP contribution is -2.22. The van der Waals surface area contributed by atoms with Crippen molar-refractivity contribution in [2.45, 2.75) is 17.1 Å². The van der Waals surface area contributed by atoms with Gasteiger partial charge in [-0.15, -0.1) is 0 Å². The van der Waals surface area contributed by atoms with Crippen LogP contribution in [-0.2, 0) is 9.84 Å². The Morgan fingerprint density at radius 3 is 2.41 bits per heavy atom. The fourth-order valence-electron chi connectivity index (χ4n) is 3.04. The third kappa shape index (κ3) is 4.35. The number of sulfone groups is 1. The molecule has 1 aliphatic rings. The molecule has 0 amide bonds. The largest absolute Gasteiger partial charge is 0.385 e. The average Bonchev–Trinajstić information content (AvgIpc) is 3.11. The smallest absolute Gasteiger partial charge is 0.341 e. The Morgan fingerprint density at radius 2 is 1.78 bits per heavy atom. The van der Waals surface area contributed by atoms with E-state index in [1.165, 1.54) is 24.3 Å². The van der Waals surface area contributed by atoms with Gasteiger partial charge in [0.05, 0.1) is 4.90 Å². The van der Waals surface area contributed by atoms with Gasteiger partial charge in [-0.1, -0.05) is 0 Å². The van der Waals surface area contributed by atoms with Gasteiger partial charge in [0.15, 0.2) is 11.6 Å². The van der Waals surface area contributed by atoms with E-state index >= 15 is 0 Å². The van der Waals surface area contributed by atoms with Crippen LogP contribution in [0.5, 0.6) is 0 Å². The molecule has 0 aromatic heterocycles. The van der Waals surface area contributed by atoms with Crippen LogP contribution in [0.25, 0.3) is 0 Å². The van der Waals surface area contributed by atoms with Crippen molar-refractivity contribution in [2.75, 3.05) is 29.9 Å². The van der Waals surface area contributed by atoms with Gasteiger partial charge in [-0.3, -0.25) is 0 Å². The molecule has 3 rings (SSSR count). The zero-order valence-corrected chi connectivity index (χ0v) is 15.0. The highest BCUT2D eigenvalue weighted by Crippen LogP contribution is 2.26. The van der Waals surface area contributed by atoms with Gasteiger partial charge in [-0.2, -0.15) is 8.78 Å². The van der Waals surface area contributed by atoms with Crippen LogP contribution in [0.1, 0.15) is 6.42 Å². The van der Waals surface area contributed by atoms with E-state index in [9.17, 15) is 26.0 Å². The van der Waals surface area contributed by atoms with Gasteiger partial charge in [0.25, 0.3) is 0 Å². The first-order chi connectivity index (χ1) is 12.8. The molecule has 0 saturated carbocycles. The number of anilines is 2. The highest BCUT2D eigenvalue weighted by Gasteiger charge is 2.26. The minimum Gasteiger partial charge on any atom is -0.385 e. The molecule has 27 heavy (non-hydrogen) atoms. The Hall–Kier alpha value is -2.29. The first-order valence-corrected chi connectivity index (χ1v) is 9.88. The quantitative estimate of drug-likeness (QED) is 0.745. The summed E-state index contributed by atoms with van der Waals surface area (Å²) in [7, 11) is -4.59. The van der Waals surface area contributed by atoms with Gasteiger partial charge in [-0.25, -0.2) is 17.2 Å². The third-order valence-electron chi connectivity index (χ3n) is 4.57. The van der Waals surface area contributed by atoms with Gasteiger partial charge in [-0.05, 0) is 48.7 Å². The zero-order valence-electron chi connectivity index (χ0n) is 14.2. The number of rotatable bonds is 6. The second-order valence-corrected chi connectivity index (χ2v) is 8.33. The monoisotopic (exact) mass is 402 g/mol. The molecule has 2 aromatic carbocycles. The topological polar surface area (TPSA) is 49.4 Å². The number of hydrogen-bond acceptors (Lipinski definition) is 4. The van der Waals surface area contributed by atoms with Gasteiger partial charge in [0.2, 0.25) is 9.84 Å². The van der Waals surface area contributed by atoms with Crippen LogP contribution in [-0.4, -0.2) is 33.8 Å². The van der Waals surface area contributed by atoms with Crippen LogP contribution >= 0.6 is 0 Å². The van der Waals surface area contributed by atoms with Gasteiger partial charge in [0, 0.05) is 37.1 Å². The highest BCUT2D eigenvalue weighted by atomic mass is 32.2. The SMILES string of the molecule is O=S(=O)(c1ccc(NC[C@H]2CCN(c3ccc(F)c(F)c3)C2)cc1)C(F)F. The van der Waals surface area contributed by atoms with E-state index in [2.05, 4.69) is 5.32 Å². The molecular formula is C18H18F4N2O2S. The van der Waals surface area contributed by atoms with E-state index in [0.717, 1.165) is 24.6 Å². The Balaban J connectivity index is 1.56. The standard InChI is InChI=1S/C18H18F4N2O2S/c19-16-6-3-14(9-17(16)20)24-8-7-12(11-24)10-23-13-1-4-15(5-2-13)27(25,26)18(21)22/h1-6,9,12,18,23H,7-8,10-11H2/t12-/m1/s1. The molecule has 9 heteroatoms. The summed E-state index contributed by atoms with van der Waals surface area (Å²) in [4.78, 5) is 1.54. The second kappa shape index (κ2) is 7.75. The van der Waals surface area contributed by atoms with Crippen molar-refractivity contribution in [3.8, 4) is 0 Å². The lowest BCUT2D eigenvalue weighted by Gasteiger charge is -2.19. The third-order valence-corrected chi connectivity index (χ3v) is 5.96. The zero-order chi connectivity index (χ0) is 19.6. The number of halogens is 4. The van der Waals surface area contributed by atoms with Crippen LogP contribution in [0.15, 0.2) is 47.4 Å².